The number of aliphatic hydroxyl groups excluding tert-OH is 1. The minimum Gasteiger partial charge on any atom is -0.493 e. The second kappa shape index (κ2) is 9.37. The van der Waals surface area contributed by atoms with Crippen molar-refractivity contribution < 1.29 is 19.4 Å². The Morgan fingerprint density at radius 3 is 2.76 bits per heavy atom. The number of carbonyl (C=O) groups is 1. The van der Waals surface area contributed by atoms with Crippen molar-refractivity contribution in [1.29, 1.82) is 0 Å². The van der Waals surface area contributed by atoms with E-state index in [1.807, 2.05) is 6.07 Å². The number of hydrogen-bond donors (Lipinski definition) is 2. The molecule has 1 rings (SSSR count). The van der Waals surface area contributed by atoms with Gasteiger partial charge in [0.25, 0.3) is 5.91 Å². The van der Waals surface area contributed by atoms with Gasteiger partial charge < -0.3 is 19.9 Å². The maximum absolute atomic E-state index is 12.0. The molecule has 1 aromatic carbocycles. The van der Waals surface area contributed by atoms with Crippen LogP contribution in [0.25, 0.3) is 0 Å². The summed E-state index contributed by atoms with van der Waals surface area (Å²) in [6, 6.07) is 7.10. The summed E-state index contributed by atoms with van der Waals surface area (Å²) >= 11 is 0. The monoisotopic (exact) mass is 295 g/mol. The number of methoxy groups -OCH3 is 1. The van der Waals surface area contributed by atoms with E-state index in [-0.39, 0.29) is 12.5 Å². The first-order valence-electron chi connectivity index (χ1n) is 7.21. The maximum Gasteiger partial charge on any atom is 0.251 e. The smallest absolute Gasteiger partial charge is 0.251 e. The van der Waals surface area contributed by atoms with Gasteiger partial charge in [-0.1, -0.05) is 19.9 Å². The molecule has 0 aliphatic heterocycles. The Balaban J connectivity index is 2.44. The highest BCUT2D eigenvalue weighted by Crippen LogP contribution is 2.14. The molecule has 0 fully saturated rings. The Morgan fingerprint density at radius 2 is 2.10 bits per heavy atom. The van der Waals surface area contributed by atoms with Crippen molar-refractivity contribution >= 4 is 5.91 Å². The highest BCUT2D eigenvalue weighted by Gasteiger charge is 2.08. The number of carbonyl (C=O) groups excluding carboxylic acids is 1. The van der Waals surface area contributed by atoms with Crippen LogP contribution < -0.4 is 10.1 Å². The number of benzene rings is 1. The summed E-state index contributed by atoms with van der Waals surface area (Å²) in [5, 5.41) is 12.3. The molecular weight excluding hydrogens is 270 g/mol. The Bertz CT molecular complexity index is 434. The molecule has 0 heterocycles. The van der Waals surface area contributed by atoms with E-state index >= 15 is 0 Å². The summed E-state index contributed by atoms with van der Waals surface area (Å²) in [5.41, 5.74) is 0.553. The van der Waals surface area contributed by atoms with Crippen molar-refractivity contribution in [2.24, 2.45) is 5.92 Å². The lowest BCUT2D eigenvalue weighted by atomic mass is 10.2. The number of nitrogens with one attached hydrogen (secondary N) is 1. The van der Waals surface area contributed by atoms with E-state index in [2.05, 4.69) is 19.2 Å². The van der Waals surface area contributed by atoms with Crippen molar-refractivity contribution in [2.45, 2.75) is 26.4 Å². The lowest BCUT2D eigenvalue weighted by Crippen LogP contribution is -2.28. The molecule has 1 aromatic rings. The van der Waals surface area contributed by atoms with Gasteiger partial charge in [0, 0.05) is 19.2 Å². The van der Waals surface area contributed by atoms with Gasteiger partial charge in [0.2, 0.25) is 0 Å². The largest absolute Gasteiger partial charge is 0.493 e. The Labute approximate surface area is 126 Å². The first-order valence-corrected chi connectivity index (χ1v) is 7.21. The normalized spacial score (nSPS) is 12.2. The van der Waals surface area contributed by atoms with Crippen LogP contribution in [0.3, 0.4) is 0 Å². The van der Waals surface area contributed by atoms with Gasteiger partial charge in [-0.05, 0) is 30.5 Å². The van der Waals surface area contributed by atoms with Crippen LogP contribution in [0, 0.1) is 5.92 Å². The molecule has 0 saturated carbocycles. The highest BCUT2D eigenvalue weighted by atomic mass is 16.5. The maximum atomic E-state index is 12.0. The summed E-state index contributed by atoms with van der Waals surface area (Å²) in [7, 11) is 1.53. The second-order valence-corrected chi connectivity index (χ2v) is 5.39. The van der Waals surface area contributed by atoms with Crippen molar-refractivity contribution in [3.8, 4) is 5.75 Å². The SMILES string of the molecule is COCC(O)CCNC(=O)c1cccc(OCC(C)C)c1. The first kappa shape index (κ1) is 17.5. The molecule has 0 aliphatic rings. The molecule has 0 aliphatic carbocycles. The molecule has 118 valence electrons. The van der Waals surface area contributed by atoms with Crippen LogP contribution in [0.1, 0.15) is 30.6 Å². The predicted octanol–water partition coefficient (Wildman–Crippen LogP) is 1.85. The van der Waals surface area contributed by atoms with E-state index in [1.54, 1.807) is 18.2 Å². The molecule has 1 atom stereocenters. The second-order valence-electron chi connectivity index (χ2n) is 5.39. The number of amides is 1. The summed E-state index contributed by atoms with van der Waals surface area (Å²) in [6.45, 7) is 5.44. The van der Waals surface area contributed by atoms with E-state index in [0.29, 0.717) is 36.8 Å². The van der Waals surface area contributed by atoms with Crippen LogP contribution in [-0.4, -0.2) is 44.0 Å². The van der Waals surface area contributed by atoms with E-state index in [4.69, 9.17) is 9.47 Å². The standard InChI is InChI=1S/C16H25NO4/c1-12(2)10-21-15-6-4-5-13(9-15)16(19)17-8-7-14(18)11-20-3/h4-6,9,12,14,18H,7-8,10-11H2,1-3H3,(H,17,19). The lowest BCUT2D eigenvalue weighted by Gasteiger charge is -2.11. The van der Waals surface area contributed by atoms with Gasteiger partial charge in [0.1, 0.15) is 5.75 Å². The van der Waals surface area contributed by atoms with Gasteiger partial charge in [-0.2, -0.15) is 0 Å². The minimum atomic E-state index is -0.559. The van der Waals surface area contributed by atoms with Crippen molar-refractivity contribution in [2.75, 3.05) is 26.9 Å². The van der Waals surface area contributed by atoms with Gasteiger partial charge in [-0.15, -0.1) is 0 Å². The fourth-order valence-corrected chi connectivity index (χ4v) is 1.72. The highest BCUT2D eigenvalue weighted by molar-refractivity contribution is 5.94. The Kier molecular flexibility index (Phi) is 7.79. The third kappa shape index (κ3) is 7.11. The van der Waals surface area contributed by atoms with E-state index < -0.39 is 6.10 Å². The average Bonchev–Trinajstić information content (AvgIpc) is 2.45. The zero-order valence-corrected chi connectivity index (χ0v) is 13.0. The van der Waals surface area contributed by atoms with Crippen LogP contribution in [0.15, 0.2) is 24.3 Å². The molecule has 0 aromatic heterocycles. The fourth-order valence-electron chi connectivity index (χ4n) is 1.72. The fraction of sp³-hybridized carbons (Fsp3) is 0.562. The van der Waals surface area contributed by atoms with Gasteiger partial charge >= 0.3 is 0 Å². The Hall–Kier alpha value is -1.59. The molecule has 2 N–H and O–H groups in total. The van der Waals surface area contributed by atoms with Gasteiger partial charge in [-0.25, -0.2) is 0 Å². The van der Waals surface area contributed by atoms with Crippen LogP contribution in [0.5, 0.6) is 5.75 Å². The zero-order chi connectivity index (χ0) is 15.7. The summed E-state index contributed by atoms with van der Waals surface area (Å²) < 4.78 is 10.4. The molecule has 0 spiro atoms. The Morgan fingerprint density at radius 1 is 1.33 bits per heavy atom. The van der Waals surface area contributed by atoms with Gasteiger partial charge in [0.05, 0.1) is 19.3 Å². The quantitative estimate of drug-likeness (QED) is 0.729. The molecule has 1 amide bonds. The molecular formula is C16H25NO4. The van der Waals surface area contributed by atoms with Crippen LogP contribution in [0.2, 0.25) is 0 Å². The molecule has 0 radical (unpaired) electrons. The third-order valence-corrected chi connectivity index (χ3v) is 2.80. The van der Waals surface area contributed by atoms with Crippen molar-refractivity contribution in [3.05, 3.63) is 29.8 Å². The third-order valence-electron chi connectivity index (χ3n) is 2.80. The number of hydrogen-bond acceptors (Lipinski definition) is 4. The molecule has 1 unspecified atom stereocenters. The molecule has 5 nitrogen and oxygen atoms in total. The topological polar surface area (TPSA) is 67.8 Å². The molecule has 5 heteroatoms. The molecule has 21 heavy (non-hydrogen) atoms. The number of rotatable bonds is 9. The summed E-state index contributed by atoms with van der Waals surface area (Å²) in [4.78, 5) is 12.0. The van der Waals surface area contributed by atoms with Crippen molar-refractivity contribution in [3.63, 3.8) is 0 Å². The number of aliphatic hydroxyl groups is 1. The minimum absolute atomic E-state index is 0.172. The predicted molar refractivity (Wildman–Crippen MR) is 81.6 cm³/mol. The molecule has 0 bridgehead atoms. The zero-order valence-electron chi connectivity index (χ0n) is 13.0. The average molecular weight is 295 g/mol. The first-order chi connectivity index (χ1) is 10.0. The number of ether oxygens (including phenoxy) is 2. The van der Waals surface area contributed by atoms with E-state index in [1.165, 1.54) is 7.11 Å². The molecule has 0 saturated heterocycles. The van der Waals surface area contributed by atoms with Crippen LogP contribution in [-0.2, 0) is 4.74 Å². The van der Waals surface area contributed by atoms with E-state index in [9.17, 15) is 9.90 Å². The van der Waals surface area contributed by atoms with Gasteiger partial charge in [-0.3, -0.25) is 4.79 Å². The van der Waals surface area contributed by atoms with Gasteiger partial charge in [0.15, 0.2) is 0 Å². The van der Waals surface area contributed by atoms with Crippen molar-refractivity contribution in [1.82, 2.24) is 5.32 Å². The van der Waals surface area contributed by atoms with Crippen LogP contribution in [0.4, 0.5) is 0 Å². The lowest BCUT2D eigenvalue weighted by molar-refractivity contribution is 0.0587. The summed E-state index contributed by atoms with van der Waals surface area (Å²) in [6.07, 6.45) is -0.0978. The van der Waals surface area contributed by atoms with Crippen LogP contribution >= 0.6 is 0 Å². The van der Waals surface area contributed by atoms with E-state index in [0.717, 1.165) is 0 Å². The summed E-state index contributed by atoms with van der Waals surface area (Å²) in [5.74, 6) is 0.954.